The van der Waals surface area contributed by atoms with Gasteiger partial charge in [0.15, 0.2) is 0 Å². The molecule has 0 amide bonds. The third kappa shape index (κ3) is 1.36. The van der Waals surface area contributed by atoms with E-state index < -0.39 is 0 Å². The predicted molar refractivity (Wildman–Crippen MR) is 66.4 cm³/mol. The summed E-state index contributed by atoms with van der Waals surface area (Å²) < 4.78 is 44.8. The van der Waals surface area contributed by atoms with Crippen LogP contribution >= 0.6 is 27.5 Å². The van der Waals surface area contributed by atoms with Crippen molar-refractivity contribution in [1.82, 2.24) is 0 Å². The van der Waals surface area contributed by atoms with Crippen molar-refractivity contribution in [3.05, 3.63) is 45.8 Å². The van der Waals surface area contributed by atoms with Crippen molar-refractivity contribution < 1.29 is 11.3 Å². The summed E-state index contributed by atoms with van der Waals surface area (Å²) in [4.78, 5) is 0. The Morgan fingerprint density at radius 1 is 1.27 bits per heavy atom. The van der Waals surface area contributed by atoms with Gasteiger partial charge in [0.2, 0.25) is 0 Å². The lowest BCUT2D eigenvalue weighted by atomic mass is 10.1. The molecule has 0 bridgehead atoms. The van der Waals surface area contributed by atoms with E-state index in [1.165, 1.54) is 6.07 Å². The van der Waals surface area contributed by atoms with Crippen LogP contribution in [-0.4, -0.2) is 0 Å². The smallest absolute Gasteiger partial charge is 0.138 e. The largest absolute Gasteiger partial charge is 0.456 e. The molecular formula is C12H6BrClO. The Balaban J connectivity index is 2.67. The summed E-state index contributed by atoms with van der Waals surface area (Å²) >= 11 is 9.15. The maximum absolute atomic E-state index is 7.91. The number of hydrogen-bond donors (Lipinski definition) is 0. The van der Waals surface area contributed by atoms with E-state index >= 15 is 0 Å². The van der Waals surface area contributed by atoms with Crippen LogP contribution in [0.15, 0.2) is 45.2 Å². The highest BCUT2D eigenvalue weighted by Crippen LogP contribution is 2.35. The molecule has 15 heavy (non-hydrogen) atoms. The monoisotopic (exact) mass is 285 g/mol. The van der Waals surface area contributed by atoms with Crippen LogP contribution in [0.2, 0.25) is 5.02 Å². The third-order valence-corrected chi connectivity index (χ3v) is 2.86. The lowest BCUT2D eigenvalue weighted by Crippen LogP contribution is -1.70. The van der Waals surface area contributed by atoms with Crippen molar-refractivity contribution in [2.45, 2.75) is 0 Å². The van der Waals surface area contributed by atoms with Crippen molar-refractivity contribution in [1.29, 1.82) is 0 Å². The van der Waals surface area contributed by atoms with E-state index in [9.17, 15) is 0 Å². The van der Waals surface area contributed by atoms with Gasteiger partial charge in [0.1, 0.15) is 11.2 Å². The highest BCUT2D eigenvalue weighted by Gasteiger charge is 2.09. The minimum atomic E-state index is -0.239. The quantitative estimate of drug-likeness (QED) is 0.566. The molecule has 1 aromatic heterocycles. The van der Waals surface area contributed by atoms with Crippen molar-refractivity contribution in [2.75, 3.05) is 0 Å². The summed E-state index contributed by atoms with van der Waals surface area (Å²) in [6.45, 7) is 0. The average molecular weight is 287 g/mol. The first kappa shape index (κ1) is 5.37. The van der Waals surface area contributed by atoms with Gasteiger partial charge in [-0.3, -0.25) is 0 Å². The van der Waals surface area contributed by atoms with Crippen LogP contribution < -0.4 is 0 Å². The SMILES string of the molecule is [2H]c1cc2c(oc3c([2H])c(Cl)c([2H])c(Br)c32)c([2H])c1[2H]. The van der Waals surface area contributed by atoms with Crippen LogP contribution in [-0.2, 0) is 0 Å². The number of halogens is 2. The first-order chi connectivity index (χ1) is 9.34. The molecular weight excluding hydrogens is 275 g/mol. The molecule has 3 heteroatoms. The van der Waals surface area contributed by atoms with Crippen molar-refractivity contribution >= 4 is 49.5 Å². The maximum atomic E-state index is 7.91. The van der Waals surface area contributed by atoms with E-state index in [4.69, 9.17) is 22.9 Å². The summed E-state index contributed by atoms with van der Waals surface area (Å²) in [7, 11) is 0. The summed E-state index contributed by atoms with van der Waals surface area (Å²) in [5, 5.41) is 0.810. The van der Waals surface area contributed by atoms with Gasteiger partial charge in [-0.25, -0.2) is 0 Å². The second kappa shape index (κ2) is 3.26. The lowest BCUT2D eigenvalue weighted by Gasteiger charge is -1.94. The molecule has 0 fully saturated rings. The number of fused-ring (bicyclic) bond motifs is 3. The standard InChI is InChI=1S/C12H6BrClO/c13-9-5-7(14)6-11-12(9)8-3-1-2-4-10(8)15-11/h1-6H/i1D,2D,4D,5D,6D. The number of benzene rings is 2. The molecule has 0 saturated heterocycles. The van der Waals surface area contributed by atoms with Gasteiger partial charge >= 0.3 is 0 Å². The Labute approximate surface area is 107 Å². The molecule has 1 heterocycles. The topological polar surface area (TPSA) is 13.1 Å². The van der Waals surface area contributed by atoms with Crippen LogP contribution in [0.4, 0.5) is 0 Å². The molecule has 0 aliphatic heterocycles. The lowest BCUT2D eigenvalue weighted by molar-refractivity contribution is 0.669. The molecule has 0 aliphatic carbocycles. The van der Waals surface area contributed by atoms with Crippen LogP contribution in [0.1, 0.15) is 6.85 Å². The fourth-order valence-corrected chi connectivity index (χ4v) is 2.36. The molecule has 2 aromatic carbocycles. The summed E-state index contributed by atoms with van der Waals surface area (Å²) in [6.07, 6.45) is 0. The molecule has 0 saturated carbocycles. The Hall–Kier alpha value is -0.990. The van der Waals surface area contributed by atoms with Gasteiger partial charge in [0.05, 0.1) is 6.85 Å². The van der Waals surface area contributed by atoms with Gasteiger partial charge in [-0.15, -0.1) is 0 Å². The number of hydrogen-bond acceptors (Lipinski definition) is 1. The summed E-state index contributed by atoms with van der Waals surface area (Å²) in [5.41, 5.74) is 0.267. The Bertz CT molecular complexity index is 889. The van der Waals surface area contributed by atoms with E-state index in [0.717, 1.165) is 0 Å². The molecule has 74 valence electrons. The van der Waals surface area contributed by atoms with Gasteiger partial charge in [-0.1, -0.05) is 29.8 Å². The van der Waals surface area contributed by atoms with Gasteiger partial charge in [0, 0.05) is 26.3 Å². The van der Waals surface area contributed by atoms with Crippen molar-refractivity contribution in [2.24, 2.45) is 0 Å². The van der Waals surface area contributed by atoms with E-state index in [0.29, 0.717) is 15.2 Å². The normalized spacial score (nSPS) is 16.0. The highest BCUT2D eigenvalue weighted by atomic mass is 79.9. The van der Waals surface area contributed by atoms with Crippen LogP contribution in [0, 0.1) is 0 Å². The first-order valence-electron chi connectivity index (χ1n) is 6.61. The molecule has 0 unspecified atom stereocenters. The zero-order chi connectivity index (χ0) is 14.8. The number of furan rings is 1. The number of para-hydroxylation sites is 1. The van der Waals surface area contributed by atoms with Gasteiger partial charge in [0.25, 0.3) is 0 Å². The average Bonchev–Trinajstić information content (AvgIpc) is 2.80. The summed E-state index contributed by atoms with van der Waals surface area (Å²) in [6, 6.07) is 0.668. The second-order valence-electron chi connectivity index (χ2n) is 2.97. The van der Waals surface area contributed by atoms with E-state index in [1.54, 1.807) is 0 Å². The molecule has 0 radical (unpaired) electrons. The third-order valence-electron chi connectivity index (χ3n) is 2.07. The zero-order valence-electron chi connectivity index (χ0n) is 12.2. The molecule has 3 rings (SSSR count). The van der Waals surface area contributed by atoms with E-state index in [-0.39, 0.29) is 46.4 Å². The van der Waals surface area contributed by atoms with Crippen molar-refractivity contribution in [3.63, 3.8) is 0 Å². The van der Waals surface area contributed by atoms with Crippen molar-refractivity contribution in [3.8, 4) is 0 Å². The predicted octanol–water partition coefficient (Wildman–Crippen LogP) is 5.00. The zero-order valence-corrected chi connectivity index (χ0v) is 9.58. The molecule has 1 nitrogen and oxygen atoms in total. The Kier molecular flexibility index (Phi) is 1.17. The maximum Gasteiger partial charge on any atom is 0.138 e. The molecule has 0 spiro atoms. The Morgan fingerprint density at radius 2 is 2.13 bits per heavy atom. The van der Waals surface area contributed by atoms with Gasteiger partial charge < -0.3 is 4.42 Å². The Morgan fingerprint density at radius 3 is 3.00 bits per heavy atom. The van der Waals surface area contributed by atoms with E-state index in [2.05, 4.69) is 15.9 Å². The highest BCUT2D eigenvalue weighted by molar-refractivity contribution is 9.10. The summed E-state index contributed by atoms with van der Waals surface area (Å²) in [5.74, 6) is 0. The second-order valence-corrected chi connectivity index (χ2v) is 4.14. The molecule has 0 aliphatic rings. The van der Waals surface area contributed by atoms with Gasteiger partial charge in [-0.2, -0.15) is 0 Å². The van der Waals surface area contributed by atoms with Crippen LogP contribution in [0.25, 0.3) is 21.9 Å². The molecule has 0 atom stereocenters. The first-order valence-corrected chi connectivity index (χ1v) is 5.28. The van der Waals surface area contributed by atoms with E-state index in [1.807, 2.05) is 0 Å². The van der Waals surface area contributed by atoms with Crippen LogP contribution in [0.3, 0.4) is 0 Å². The molecule has 0 N–H and O–H groups in total. The fourth-order valence-electron chi connectivity index (χ4n) is 1.47. The minimum Gasteiger partial charge on any atom is -0.456 e. The minimum absolute atomic E-state index is 0.0418. The van der Waals surface area contributed by atoms with Gasteiger partial charge in [-0.05, 0) is 28.0 Å². The molecule has 3 aromatic rings. The number of rotatable bonds is 0. The van der Waals surface area contributed by atoms with Crippen LogP contribution in [0.5, 0.6) is 0 Å². The fraction of sp³-hybridized carbons (Fsp3) is 0.